The molecule has 1 aromatic rings. The Morgan fingerprint density at radius 1 is 1.56 bits per heavy atom. The summed E-state index contributed by atoms with van der Waals surface area (Å²) in [6, 6.07) is 2.74. The van der Waals surface area contributed by atoms with Crippen LogP contribution in [0.4, 0.5) is 14.5 Å². The molecule has 0 aromatic carbocycles. The zero-order valence-electron chi connectivity index (χ0n) is 9.35. The molecule has 0 radical (unpaired) electrons. The molecule has 18 heavy (non-hydrogen) atoms. The second kappa shape index (κ2) is 5.48. The number of ether oxygens (including phenoxy) is 1. The minimum Gasteiger partial charge on any atom is -0.463 e. The summed E-state index contributed by atoms with van der Waals surface area (Å²) in [6.45, 7) is -0.348. The third-order valence-electron chi connectivity index (χ3n) is 2.66. The number of esters is 1. The highest BCUT2D eigenvalue weighted by molar-refractivity contribution is 6.29. The number of alkyl halides is 2. The van der Waals surface area contributed by atoms with E-state index in [2.05, 4.69) is 4.98 Å². The van der Waals surface area contributed by atoms with Gasteiger partial charge in [0.25, 0.3) is 6.43 Å². The van der Waals surface area contributed by atoms with Crippen LogP contribution in [-0.4, -0.2) is 36.6 Å². The van der Waals surface area contributed by atoms with Gasteiger partial charge >= 0.3 is 5.97 Å². The number of hydrogen-bond acceptors (Lipinski definition) is 4. The van der Waals surface area contributed by atoms with Crippen LogP contribution >= 0.6 is 11.6 Å². The second-order valence-corrected chi connectivity index (χ2v) is 4.31. The van der Waals surface area contributed by atoms with E-state index in [4.69, 9.17) is 16.3 Å². The van der Waals surface area contributed by atoms with Gasteiger partial charge in [-0.1, -0.05) is 11.6 Å². The zero-order chi connectivity index (χ0) is 13.1. The number of aromatic nitrogens is 1. The molecule has 1 atom stereocenters. The Morgan fingerprint density at radius 2 is 2.33 bits per heavy atom. The lowest BCUT2D eigenvalue weighted by Gasteiger charge is -2.28. The van der Waals surface area contributed by atoms with Crippen molar-refractivity contribution < 1.29 is 18.3 Å². The molecule has 0 N–H and O–H groups in total. The maximum Gasteiger partial charge on any atom is 0.308 e. The van der Waals surface area contributed by atoms with Crippen molar-refractivity contribution in [3.05, 3.63) is 23.5 Å². The average molecular weight is 277 g/mol. The standard InChI is InChI=1S/C11H11ClF2N2O2/c12-9-2-1-7(4-15-9)16(5-10(13)14)8-3-11(17)18-6-8/h1-2,4,8,10H,3,5-6H2. The van der Waals surface area contributed by atoms with Gasteiger partial charge in [0.1, 0.15) is 11.8 Å². The van der Waals surface area contributed by atoms with E-state index >= 15 is 0 Å². The number of halogens is 3. The molecule has 4 nitrogen and oxygen atoms in total. The summed E-state index contributed by atoms with van der Waals surface area (Å²) in [4.78, 5) is 16.3. The van der Waals surface area contributed by atoms with Crippen LogP contribution in [0.5, 0.6) is 0 Å². The van der Waals surface area contributed by atoms with Crippen LogP contribution in [0, 0.1) is 0 Å². The van der Waals surface area contributed by atoms with E-state index in [-0.39, 0.29) is 30.2 Å². The summed E-state index contributed by atoms with van der Waals surface area (Å²) in [5.41, 5.74) is 0.503. The molecule has 0 saturated carbocycles. The van der Waals surface area contributed by atoms with E-state index < -0.39 is 13.0 Å². The van der Waals surface area contributed by atoms with Crippen molar-refractivity contribution in [3.63, 3.8) is 0 Å². The van der Waals surface area contributed by atoms with Crippen molar-refractivity contribution in [1.29, 1.82) is 0 Å². The van der Waals surface area contributed by atoms with E-state index in [0.717, 1.165) is 0 Å². The van der Waals surface area contributed by atoms with E-state index in [9.17, 15) is 13.6 Å². The van der Waals surface area contributed by atoms with Gasteiger partial charge in [0.15, 0.2) is 0 Å². The van der Waals surface area contributed by atoms with Gasteiger partial charge in [-0.05, 0) is 12.1 Å². The first-order valence-corrected chi connectivity index (χ1v) is 5.76. The predicted molar refractivity (Wildman–Crippen MR) is 62.0 cm³/mol. The van der Waals surface area contributed by atoms with Crippen molar-refractivity contribution >= 4 is 23.3 Å². The molecule has 1 saturated heterocycles. The number of hydrogen-bond donors (Lipinski definition) is 0. The normalized spacial score (nSPS) is 19.1. The number of carbonyl (C=O) groups is 1. The average Bonchev–Trinajstić information content (AvgIpc) is 2.74. The summed E-state index contributed by atoms with van der Waals surface area (Å²) in [5.74, 6) is -0.374. The molecule has 2 rings (SSSR count). The Morgan fingerprint density at radius 3 is 2.83 bits per heavy atom. The fraction of sp³-hybridized carbons (Fsp3) is 0.455. The smallest absolute Gasteiger partial charge is 0.308 e. The molecule has 1 fully saturated rings. The third kappa shape index (κ3) is 3.07. The summed E-state index contributed by atoms with van der Waals surface area (Å²) in [7, 11) is 0. The summed E-state index contributed by atoms with van der Waals surface area (Å²) < 4.78 is 30.0. The maximum atomic E-state index is 12.6. The van der Waals surface area contributed by atoms with Crippen LogP contribution in [-0.2, 0) is 9.53 Å². The molecule has 1 aliphatic heterocycles. The molecule has 7 heteroatoms. The predicted octanol–water partition coefficient (Wildman–Crippen LogP) is 2.12. The van der Waals surface area contributed by atoms with Crippen LogP contribution in [0.1, 0.15) is 6.42 Å². The largest absolute Gasteiger partial charge is 0.463 e. The van der Waals surface area contributed by atoms with E-state index in [1.54, 1.807) is 6.07 Å². The lowest BCUT2D eigenvalue weighted by atomic mass is 10.2. The quantitative estimate of drug-likeness (QED) is 0.624. The van der Waals surface area contributed by atoms with Gasteiger partial charge in [0.05, 0.1) is 30.9 Å². The highest BCUT2D eigenvalue weighted by Gasteiger charge is 2.31. The molecule has 1 unspecified atom stereocenters. The molecule has 2 heterocycles. The van der Waals surface area contributed by atoms with Gasteiger partial charge in [0, 0.05) is 0 Å². The number of rotatable bonds is 4. The fourth-order valence-electron chi connectivity index (χ4n) is 1.85. The molecular formula is C11H11ClF2N2O2. The number of pyridine rings is 1. The minimum absolute atomic E-state index is 0.106. The van der Waals surface area contributed by atoms with Crippen LogP contribution in [0.3, 0.4) is 0 Å². The van der Waals surface area contributed by atoms with E-state index in [1.807, 2.05) is 0 Å². The molecule has 1 aliphatic rings. The van der Waals surface area contributed by atoms with Gasteiger partial charge in [-0.2, -0.15) is 0 Å². The molecular weight excluding hydrogens is 266 g/mol. The van der Waals surface area contributed by atoms with Gasteiger partial charge in [-0.15, -0.1) is 0 Å². The Kier molecular flexibility index (Phi) is 3.96. The van der Waals surface area contributed by atoms with Crippen molar-refractivity contribution in [2.75, 3.05) is 18.1 Å². The SMILES string of the molecule is O=C1CC(N(CC(F)F)c2ccc(Cl)nc2)CO1. The number of carbonyl (C=O) groups excluding carboxylic acids is 1. The Bertz CT molecular complexity index is 428. The number of nitrogens with zero attached hydrogens (tertiary/aromatic N) is 2. The maximum absolute atomic E-state index is 12.6. The topological polar surface area (TPSA) is 42.4 Å². The Labute approximate surface area is 108 Å². The van der Waals surface area contributed by atoms with E-state index in [1.165, 1.54) is 17.2 Å². The van der Waals surface area contributed by atoms with Gasteiger partial charge < -0.3 is 9.64 Å². The molecule has 0 aliphatic carbocycles. The molecule has 0 amide bonds. The third-order valence-corrected chi connectivity index (χ3v) is 2.88. The van der Waals surface area contributed by atoms with Crippen LogP contribution in [0.25, 0.3) is 0 Å². The summed E-state index contributed by atoms with van der Waals surface area (Å²) in [5, 5.41) is 0.287. The first-order chi connectivity index (χ1) is 8.56. The molecule has 1 aromatic heterocycles. The lowest BCUT2D eigenvalue weighted by molar-refractivity contribution is -0.137. The lowest BCUT2D eigenvalue weighted by Crippen LogP contribution is -2.39. The summed E-state index contributed by atoms with van der Waals surface area (Å²) in [6.07, 6.45) is -0.987. The summed E-state index contributed by atoms with van der Waals surface area (Å²) >= 11 is 5.65. The van der Waals surface area contributed by atoms with Crippen molar-refractivity contribution in [2.24, 2.45) is 0 Å². The monoisotopic (exact) mass is 276 g/mol. The van der Waals surface area contributed by atoms with Crippen molar-refractivity contribution in [2.45, 2.75) is 18.9 Å². The fourth-order valence-corrected chi connectivity index (χ4v) is 1.96. The van der Waals surface area contributed by atoms with Gasteiger partial charge in [-0.25, -0.2) is 13.8 Å². The molecule has 0 spiro atoms. The molecule has 98 valence electrons. The Hall–Kier alpha value is -1.43. The van der Waals surface area contributed by atoms with Crippen molar-refractivity contribution in [1.82, 2.24) is 4.98 Å². The minimum atomic E-state index is -2.50. The van der Waals surface area contributed by atoms with Gasteiger partial charge in [0.2, 0.25) is 0 Å². The van der Waals surface area contributed by atoms with Crippen LogP contribution in [0.2, 0.25) is 5.15 Å². The highest BCUT2D eigenvalue weighted by atomic mass is 35.5. The van der Waals surface area contributed by atoms with Crippen molar-refractivity contribution in [3.8, 4) is 0 Å². The highest BCUT2D eigenvalue weighted by Crippen LogP contribution is 2.23. The molecule has 0 bridgehead atoms. The van der Waals surface area contributed by atoms with Crippen LogP contribution < -0.4 is 4.90 Å². The Balaban J connectivity index is 2.19. The van der Waals surface area contributed by atoms with E-state index in [0.29, 0.717) is 5.69 Å². The second-order valence-electron chi connectivity index (χ2n) is 3.92. The first-order valence-electron chi connectivity index (χ1n) is 5.38. The van der Waals surface area contributed by atoms with Gasteiger partial charge in [-0.3, -0.25) is 4.79 Å². The number of cyclic esters (lactones) is 1. The van der Waals surface area contributed by atoms with Crippen LogP contribution in [0.15, 0.2) is 18.3 Å². The first kappa shape index (κ1) is 13.0. The zero-order valence-corrected chi connectivity index (χ0v) is 10.1. The number of anilines is 1.